The third kappa shape index (κ3) is 8.36. The molecular formula is C19H42O5. The van der Waals surface area contributed by atoms with Crippen LogP contribution in [0.15, 0.2) is 0 Å². The Hall–Kier alpha value is -0.780. The summed E-state index contributed by atoms with van der Waals surface area (Å²) in [7, 11) is 0. The predicted molar refractivity (Wildman–Crippen MR) is 101 cm³/mol. The van der Waals surface area contributed by atoms with Gasteiger partial charge in [-0.05, 0) is 12.8 Å². The standard InChI is InChI=1S/C19H36O5.3H2/c1-3-5-7-9-11-13-16(21)18(23)19(24,15-20)17(22)14-12-10-8-6-4-2;;;/h18,20,23-24H,3-15H2,1-2H3;3*1H. The average molecular weight is 351 g/mol. The monoisotopic (exact) mass is 350 g/mol. The van der Waals surface area contributed by atoms with Gasteiger partial charge >= 0.3 is 0 Å². The maximum atomic E-state index is 12.2. The number of ketones is 2. The lowest BCUT2D eigenvalue weighted by molar-refractivity contribution is -0.165. The maximum absolute atomic E-state index is 12.2. The molecule has 0 aliphatic heterocycles. The lowest BCUT2D eigenvalue weighted by Crippen LogP contribution is -2.55. The second-order valence-corrected chi connectivity index (χ2v) is 6.70. The highest BCUT2D eigenvalue weighted by Gasteiger charge is 2.45. The van der Waals surface area contributed by atoms with E-state index >= 15 is 0 Å². The van der Waals surface area contributed by atoms with E-state index in [9.17, 15) is 24.9 Å². The number of rotatable bonds is 16. The van der Waals surface area contributed by atoms with Crippen molar-refractivity contribution in [3.63, 3.8) is 0 Å². The zero-order valence-corrected chi connectivity index (χ0v) is 15.4. The van der Waals surface area contributed by atoms with Crippen LogP contribution >= 0.6 is 0 Å². The average Bonchev–Trinajstić information content (AvgIpc) is 2.59. The lowest BCUT2D eigenvalue weighted by Gasteiger charge is -2.28. The Kier molecular flexibility index (Phi) is 13.1. The number of aliphatic hydroxyl groups is 3. The van der Waals surface area contributed by atoms with Gasteiger partial charge in [0.05, 0.1) is 6.61 Å². The Labute approximate surface area is 150 Å². The second-order valence-electron chi connectivity index (χ2n) is 6.70. The van der Waals surface area contributed by atoms with Crippen LogP contribution in [-0.2, 0) is 9.59 Å². The molecule has 0 aromatic carbocycles. The summed E-state index contributed by atoms with van der Waals surface area (Å²) < 4.78 is 0. The van der Waals surface area contributed by atoms with Gasteiger partial charge in [-0.3, -0.25) is 9.59 Å². The molecule has 0 rings (SSSR count). The first kappa shape index (κ1) is 23.2. The molecule has 2 unspecified atom stereocenters. The molecule has 5 heteroatoms. The minimum Gasteiger partial charge on any atom is -0.393 e. The number of aliphatic hydroxyl groups excluding tert-OH is 2. The molecule has 0 saturated carbocycles. The van der Waals surface area contributed by atoms with Crippen molar-refractivity contribution >= 4 is 11.6 Å². The molecule has 0 amide bonds. The second kappa shape index (κ2) is 13.5. The number of unbranched alkanes of at least 4 members (excludes halogenated alkanes) is 8. The van der Waals surface area contributed by atoms with Gasteiger partial charge in [-0.15, -0.1) is 0 Å². The fourth-order valence-corrected chi connectivity index (χ4v) is 2.74. The van der Waals surface area contributed by atoms with Crippen LogP contribution in [0.3, 0.4) is 0 Å². The summed E-state index contributed by atoms with van der Waals surface area (Å²) >= 11 is 0. The van der Waals surface area contributed by atoms with Crippen LogP contribution in [0.2, 0.25) is 0 Å². The molecule has 0 aromatic heterocycles. The maximum Gasteiger partial charge on any atom is 0.178 e. The van der Waals surface area contributed by atoms with E-state index in [0.29, 0.717) is 12.8 Å². The van der Waals surface area contributed by atoms with Gasteiger partial charge < -0.3 is 15.3 Å². The summed E-state index contributed by atoms with van der Waals surface area (Å²) in [6.07, 6.45) is 7.77. The quantitative estimate of drug-likeness (QED) is 0.369. The highest BCUT2D eigenvalue weighted by atomic mass is 16.4. The summed E-state index contributed by atoms with van der Waals surface area (Å²) in [6.45, 7) is 3.27. The van der Waals surface area contributed by atoms with E-state index < -0.39 is 29.9 Å². The highest BCUT2D eigenvalue weighted by Crippen LogP contribution is 2.19. The summed E-state index contributed by atoms with van der Waals surface area (Å²) in [5.41, 5.74) is -2.36. The van der Waals surface area contributed by atoms with Crippen LogP contribution in [0.5, 0.6) is 0 Å². The topological polar surface area (TPSA) is 94.8 Å². The fraction of sp³-hybridized carbons (Fsp3) is 0.895. The third-order valence-electron chi connectivity index (χ3n) is 4.52. The Morgan fingerprint density at radius 3 is 1.79 bits per heavy atom. The first-order valence-corrected chi connectivity index (χ1v) is 9.51. The van der Waals surface area contributed by atoms with Crippen molar-refractivity contribution in [1.29, 1.82) is 0 Å². The molecule has 5 nitrogen and oxygen atoms in total. The predicted octanol–water partition coefficient (Wildman–Crippen LogP) is 3.67. The van der Waals surface area contributed by atoms with Gasteiger partial charge in [0, 0.05) is 17.1 Å². The van der Waals surface area contributed by atoms with Gasteiger partial charge in [0.15, 0.2) is 23.3 Å². The number of hydrogen-bond donors (Lipinski definition) is 3. The molecule has 148 valence electrons. The Morgan fingerprint density at radius 2 is 1.33 bits per heavy atom. The Balaban J connectivity index is -0.000000882. The van der Waals surface area contributed by atoms with Gasteiger partial charge in [0.1, 0.15) is 0 Å². The first-order valence-electron chi connectivity index (χ1n) is 9.51. The van der Waals surface area contributed by atoms with Crippen molar-refractivity contribution in [2.24, 2.45) is 0 Å². The molecule has 2 atom stereocenters. The summed E-state index contributed by atoms with van der Waals surface area (Å²) in [5, 5.41) is 29.7. The number of carbonyl (C=O) groups excluding carboxylic acids is 2. The largest absolute Gasteiger partial charge is 0.393 e. The zero-order chi connectivity index (χ0) is 18.4. The van der Waals surface area contributed by atoms with Crippen molar-refractivity contribution in [2.45, 2.75) is 103 Å². The van der Waals surface area contributed by atoms with Crippen LogP contribution in [0.25, 0.3) is 0 Å². The van der Waals surface area contributed by atoms with Gasteiger partial charge in [-0.1, -0.05) is 65.2 Å². The molecule has 0 radical (unpaired) electrons. The summed E-state index contributed by atoms with van der Waals surface area (Å²) in [4.78, 5) is 24.2. The molecule has 0 saturated heterocycles. The molecule has 0 fully saturated rings. The van der Waals surface area contributed by atoms with Gasteiger partial charge in [-0.25, -0.2) is 0 Å². The molecule has 0 heterocycles. The normalized spacial score (nSPS) is 15.0. The molecule has 0 spiro atoms. The summed E-state index contributed by atoms with van der Waals surface area (Å²) in [6, 6.07) is 0. The van der Waals surface area contributed by atoms with Crippen molar-refractivity contribution in [3.8, 4) is 0 Å². The number of Topliss-reactive ketones (excluding diaryl/α,β-unsaturated/α-hetero) is 2. The van der Waals surface area contributed by atoms with Crippen LogP contribution in [0.4, 0.5) is 0 Å². The first-order chi connectivity index (χ1) is 11.4. The lowest BCUT2D eigenvalue weighted by atomic mass is 9.86. The molecular weight excluding hydrogens is 308 g/mol. The van der Waals surface area contributed by atoms with Crippen molar-refractivity contribution < 1.29 is 29.2 Å². The number of carbonyl (C=O) groups is 2. The van der Waals surface area contributed by atoms with Crippen LogP contribution in [-0.4, -0.2) is 45.2 Å². The van der Waals surface area contributed by atoms with E-state index in [4.69, 9.17) is 0 Å². The van der Waals surface area contributed by atoms with E-state index in [1.165, 1.54) is 0 Å². The van der Waals surface area contributed by atoms with E-state index in [1.54, 1.807) is 0 Å². The minimum atomic E-state index is -2.36. The van der Waals surface area contributed by atoms with E-state index in [2.05, 4.69) is 13.8 Å². The Bertz CT molecular complexity index is 369. The fourth-order valence-electron chi connectivity index (χ4n) is 2.74. The van der Waals surface area contributed by atoms with Crippen molar-refractivity contribution in [2.75, 3.05) is 6.61 Å². The highest BCUT2D eigenvalue weighted by molar-refractivity contribution is 5.96. The van der Waals surface area contributed by atoms with Crippen molar-refractivity contribution in [1.82, 2.24) is 0 Å². The van der Waals surface area contributed by atoms with Gasteiger partial charge in [0.25, 0.3) is 0 Å². The van der Waals surface area contributed by atoms with E-state index in [-0.39, 0.29) is 17.1 Å². The van der Waals surface area contributed by atoms with Crippen LogP contribution < -0.4 is 0 Å². The molecule has 0 aromatic rings. The smallest absolute Gasteiger partial charge is 0.178 e. The molecule has 3 N–H and O–H groups in total. The van der Waals surface area contributed by atoms with Gasteiger partial charge in [0.2, 0.25) is 0 Å². The van der Waals surface area contributed by atoms with Crippen molar-refractivity contribution in [3.05, 3.63) is 0 Å². The third-order valence-corrected chi connectivity index (χ3v) is 4.52. The molecule has 0 aliphatic rings. The molecule has 0 bridgehead atoms. The van der Waals surface area contributed by atoms with Crippen LogP contribution in [0, 0.1) is 0 Å². The van der Waals surface area contributed by atoms with E-state index in [1.807, 2.05) is 0 Å². The number of hydrogen-bond acceptors (Lipinski definition) is 5. The van der Waals surface area contributed by atoms with Crippen LogP contribution in [0.1, 0.15) is 95.2 Å². The Morgan fingerprint density at radius 1 is 0.875 bits per heavy atom. The SMILES string of the molecule is CCCCCCCC(=O)C(O)C(O)(CO)C(=O)CCCCCCC.[HH].[HH].[HH]. The summed E-state index contributed by atoms with van der Waals surface area (Å²) in [5.74, 6) is -1.21. The molecule has 24 heavy (non-hydrogen) atoms. The minimum absolute atomic E-state index is 0. The van der Waals surface area contributed by atoms with Gasteiger partial charge in [-0.2, -0.15) is 0 Å². The molecule has 0 aliphatic carbocycles. The van der Waals surface area contributed by atoms with E-state index in [0.717, 1.165) is 51.4 Å². The zero-order valence-electron chi connectivity index (χ0n) is 15.4.